The Morgan fingerprint density at radius 2 is 1.83 bits per heavy atom. The number of Topliss-reactive ketones (excluding diaryl/α,β-unsaturated/α-hetero) is 1. The van der Waals surface area contributed by atoms with E-state index in [4.69, 9.17) is 26.9 Å². The number of ketones is 1. The first-order chi connectivity index (χ1) is 20.0. The number of aromatic nitrogens is 4. The van der Waals surface area contributed by atoms with Gasteiger partial charge < -0.3 is 14.7 Å². The lowest BCUT2D eigenvalue weighted by Gasteiger charge is -2.21. The van der Waals surface area contributed by atoms with Gasteiger partial charge in [-0.25, -0.2) is 0 Å². The van der Waals surface area contributed by atoms with Crippen LogP contribution in [-0.2, 0) is 27.8 Å². The van der Waals surface area contributed by atoms with Gasteiger partial charge in [-0.15, -0.1) is 0 Å². The Hall–Kier alpha value is -3.65. The van der Waals surface area contributed by atoms with Crippen molar-refractivity contribution in [3.63, 3.8) is 0 Å². The maximum atomic E-state index is 13.5. The van der Waals surface area contributed by atoms with E-state index >= 15 is 0 Å². The van der Waals surface area contributed by atoms with Crippen LogP contribution in [0.5, 0.6) is 0 Å². The number of nitrogens with zero attached hydrogens (tertiary/aromatic N) is 2. The van der Waals surface area contributed by atoms with Crippen LogP contribution in [0.25, 0.3) is 22.1 Å². The normalized spacial score (nSPS) is 21.3. The summed E-state index contributed by atoms with van der Waals surface area (Å²) in [4.78, 5) is 44.0. The van der Waals surface area contributed by atoms with E-state index < -0.39 is 0 Å². The lowest BCUT2D eigenvalue weighted by atomic mass is 9.81. The molecule has 2 aliphatic heterocycles. The van der Waals surface area contributed by atoms with E-state index in [1.54, 1.807) is 0 Å². The van der Waals surface area contributed by atoms with Crippen molar-refractivity contribution in [2.75, 3.05) is 7.11 Å². The van der Waals surface area contributed by atoms with Crippen molar-refractivity contribution in [3.05, 3.63) is 68.8 Å². The predicted molar refractivity (Wildman–Crippen MR) is 170 cm³/mol. The zero-order chi connectivity index (χ0) is 30.1. The summed E-state index contributed by atoms with van der Waals surface area (Å²) in [7, 11) is 1.42. The highest BCUT2D eigenvalue weighted by Gasteiger charge is 2.39. The Morgan fingerprint density at radius 1 is 1.10 bits per heavy atom. The third kappa shape index (κ3) is 4.17. The smallest absolute Gasteiger partial charge is 0.305 e. The second kappa shape index (κ2) is 10.3. The molecular weight excluding hydrogens is 544 g/mol. The van der Waals surface area contributed by atoms with Crippen molar-refractivity contribution in [2.45, 2.75) is 90.9 Å². The van der Waals surface area contributed by atoms with Crippen molar-refractivity contribution in [1.29, 1.82) is 0 Å². The number of aryl methyl sites for hydroxylation is 3. The summed E-state index contributed by atoms with van der Waals surface area (Å²) in [5.74, 6) is -0.113. The van der Waals surface area contributed by atoms with Crippen molar-refractivity contribution >= 4 is 50.9 Å². The first kappa shape index (κ1) is 28.5. The number of rotatable bonds is 5. The van der Waals surface area contributed by atoms with Crippen molar-refractivity contribution < 1.29 is 14.3 Å². The topological polar surface area (TPSA) is 101 Å². The molecule has 0 fully saturated rings. The molecule has 0 spiro atoms. The quantitative estimate of drug-likeness (QED) is 0.245. The highest BCUT2D eigenvalue weighted by Crippen LogP contribution is 2.44. The molecule has 0 saturated heterocycles. The number of ether oxygens (including phenoxy) is 1. The molecule has 3 aromatic rings. The number of fused-ring (bicyclic) bond motifs is 8. The summed E-state index contributed by atoms with van der Waals surface area (Å²) in [6, 6.07) is 6.32. The van der Waals surface area contributed by atoms with E-state index in [1.807, 2.05) is 13.0 Å². The number of hydrogen-bond acceptors (Lipinski definition) is 6. The number of H-pyrrole nitrogens is 2. The number of esters is 1. The fraction of sp³-hybridized carbons (Fsp3) is 0.441. The minimum absolute atomic E-state index is 0.0171. The van der Waals surface area contributed by atoms with Crippen LogP contribution in [0.2, 0.25) is 0 Å². The average molecular weight is 583 g/mol. The van der Waals surface area contributed by atoms with E-state index in [1.165, 1.54) is 18.2 Å². The molecule has 0 aromatic carbocycles. The highest BCUT2D eigenvalue weighted by atomic mass is 32.1. The minimum atomic E-state index is -0.375. The number of hydrogen-bond donors (Lipinski definition) is 2. The second-order valence-corrected chi connectivity index (χ2v) is 12.6. The molecule has 3 aliphatic rings. The lowest BCUT2D eigenvalue weighted by molar-refractivity contribution is -0.140. The molecule has 0 amide bonds. The molecule has 2 N–H and O–H groups in total. The third-order valence-electron chi connectivity index (χ3n) is 9.98. The number of thiocarbonyl (C=S) groups is 1. The van der Waals surface area contributed by atoms with E-state index in [9.17, 15) is 9.59 Å². The minimum Gasteiger partial charge on any atom is -0.469 e. The van der Waals surface area contributed by atoms with Gasteiger partial charge in [0.25, 0.3) is 0 Å². The zero-order valence-corrected chi connectivity index (χ0v) is 26.3. The van der Waals surface area contributed by atoms with Gasteiger partial charge in [0, 0.05) is 63.5 Å². The summed E-state index contributed by atoms with van der Waals surface area (Å²) in [5.41, 5.74) is 11.9. The maximum Gasteiger partial charge on any atom is 0.305 e. The SMILES string of the molecule is CCc1c(C)c2cc3nc(c4c5[nH]c(cc6nc(cc1[nH]2)C(C)(CC)C6=S)c(C)c5C(=O)C4)[C@@H](CCC(=O)OC)[C@@H]3C. The fourth-order valence-corrected chi connectivity index (χ4v) is 7.38. The molecule has 0 saturated carbocycles. The average Bonchev–Trinajstić information content (AvgIpc) is 3.71. The van der Waals surface area contributed by atoms with E-state index in [0.717, 1.165) is 79.2 Å². The molecule has 7 nitrogen and oxygen atoms in total. The number of nitrogens with one attached hydrogen (secondary N) is 2. The zero-order valence-electron chi connectivity index (χ0n) is 25.4. The van der Waals surface area contributed by atoms with Crippen LogP contribution in [0.4, 0.5) is 0 Å². The van der Waals surface area contributed by atoms with Gasteiger partial charge in [0.15, 0.2) is 5.78 Å². The van der Waals surface area contributed by atoms with Crippen molar-refractivity contribution in [3.8, 4) is 0 Å². The Balaban J connectivity index is 1.74. The lowest BCUT2D eigenvalue weighted by Crippen LogP contribution is -2.26. The van der Waals surface area contributed by atoms with Crippen LogP contribution in [0.3, 0.4) is 0 Å². The number of carbonyl (C=O) groups excluding carboxylic acids is 2. The van der Waals surface area contributed by atoms with Gasteiger partial charge in [-0.3, -0.25) is 19.6 Å². The molecule has 42 heavy (non-hydrogen) atoms. The molecule has 3 aromatic heterocycles. The van der Waals surface area contributed by atoms with Crippen molar-refractivity contribution in [1.82, 2.24) is 19.9 Å². The standard InChI is InChI=1S/C34H38N4O3S/c1-8-19-16(3)22-13-23-17(4)20(10-11-29(40)41-7)31(37-23)21-12-27(39)30-18(5)24(38-32(21)30)14-26-33(42)34(6,9-2)28(36-26)15-25(19)35-22/h13-15,17,20,35,38H,8-12H2,1-7H3/t17-,20-,34?/m0/s1. The fourth-order valence-electron chi connectivity index (χ4n) is 7.03. The summed E-state index contributed by atoms with van der Waals surface area (Å²) in [6.07, 6.45) is 2.88. The summed E-state index contributed by atoms with van der Waals surface area (Å²) in [5, 5.41) is 0. The maximum absolute atomic E-state index is 13.5. The molecule has 3 atom stereocenters. The van der Waals surface area contributed by atoms with E-state index in [2.05, 4.69) is 56.7 Å². The number of aromatic amines is 2. The number of methoxy groups -OCH3 is 1. The second-order valence-electron chi connectivity index (χ2n) is 12.2. The van der Waals surface area contributed by atoms with E-state index in [-0.39, 0.29) is 29.0 Å². The molecule has 1 aliphatic carbocycles. The van der Waals surface area contributed by atoms with Gasteiger partial charge in [0.2, 0.25) is 0 Å². The van der Waals surface area contributed by atoms with Gasteiger partial charge in [-0.1, -0.05) is 33.0 Å². The Bertz CT molecular complexity index is 1850. The largest absolute Gasteiger partial charge is 0.469 e. The van der Waals surface area contributed by atoms with E-state index in [0.29, 0.717) is 19.3 Å². The molecule has 0 radical (unpaired) electrons. The molecule has 1 unspecified atom stereocenters. The van der Waals surface area contributed by atoms with Gasteiger partial charge in [0.1, 0.15) is 0 Å². The van der Waals surface area contributed by atoms with Crippen LogP contribution >= 0.6 is 12.2 Å². The number of carbonyl (C=O) groups is 2. The van der Waals surface area contributed by atoms with Crippen LogP contribution in [0.15, 0.2) is 18.2 Å². The molecule has 5 heterocycles. The Morgan fingerprint density at radius 3 is 2.52 bits per heavy atom. The van der Waals surface area contributed by atoms with Crippen LogP contribution in [0.1, 0.15) is 114 Å². The summed E-state index contributed by atoms with van der Waals surface area (Å²) < 4.78 is 4.97. The van der Waals surface area contributed by atoms with Crippen LogP contribution in [-0.4, -0.2) is 43.7 Å². The molecule has 8 heteroatoms. The summed E-state index contributed by atoms with van der Waals surface area (Å²) in [6.45, 7) is 12.8. The molecule has 218 valence electrons. The highest BCUT2D eigenvalue weighted by molar-refractivity contribution is 7.81. The summed E-state index contributed by atoms with van der Waals surface area (Å²) >= 11 is 6.05. The molecule has 6 rings (SSSR count). The first-order valence-corrected chi connectivity index (χ1v) is 15.3. The van der Waals surface area contributed by atoms with Gasteiger partial charge in [-0.05, 0) is 74.9 Å². The Labute approximate surface area is 251 Å². The molecular formula is C34H38N4O3S. The third-order valence-corrected chi connectivity index (χ3v) is 10.6. The van der Waals surface area contributed by atoms with Gasteiger partial charge >= 0.3 is 5.97 Å². The monoisotopic (exact) mass is 582 g/mol. The van der Waals surface area contributed by atoms with Gasteiger partial charge in [-0.2, -0.15) is 0 Å². The van der Waals surface area contributed by atoms with Crippen LogP contribution in [0, 0.1) is 13.8 Å². The molecule has 8 bridgehead atoms. The predicted octanol–water partition coefficient (Wildman–Crippen LogP) is 7.16. The van der Waals surface area contributed by atoms with Crippen molar-refractivity contribution in [2.24, 2.45) is 0 Å². The Kier molecular flexibility index (Phi) is 6.96. The van der Waals surface area contributed by atoms with Crippen LogP contribution < -0.4 is 0 Å². The van der Waals surface area contributed by atoms with Gasteiger partial charge in [0.05, 0.1) is 34.6 Å². The first-order valence-electron chi connectivity index (χ1n) is 14.9.